The zero-order valence-electron chi connectivity index (χ0n) is 13.6. The third-order valence-corrected chi connectivity index (χ3v) is 4.50. The molecule has 6 heteroatoms. The Morgan fingerprint density at radius 2 is 2.00 bits per heavy atom. The van der Waals surface area contributed by atoms with E-state index in [1.807, 2.05) is 24.8 Å². The lowest BCUT2D eigenvalue weighted by Crippen LogP contribution is -2.51. The number of nitrogens with zero attached hydrogens (tertiary/aromatic N) is 2. The fraction of sp³-hybridized carbons (Fsp3) is 0.625. The predicted octanol–water partition coefficient (Wildman–Crippen LogP) is 1.83. The normalized spacial score (nSPS) is 11.9. The van der Waals surface area contributed by atoms with Crippen molar-refractivity contribution in [2.24, 2.45) is 0 Å². The molecule has 0 atom stereocenters. The third kappa shape index (κ3) is 5.05. The highest BCUT2D eigenvalue weighted by molar-refractivity contribution is 7.99. The van der Waals surface area contributed by atoms with E-state index < -0.39 is 5.54 Å². The monoisotopic (exact) mass is 326 g/mol. The van der Waals surface area contributed by atoms with Gasteiger partial charge in [-0.05, 0) is 38.9 Å². The highest BCUT2D eigenvalue weighted by atomic mass is 32.2. The molecular weight excluding hydrogens is 300 g/mol. The van der Waals surface area contributed by atoms with Crippen molar-refractivity contribution in [2.75, 3.05) is 32.1 Å². The number of carbonyl (C=O) groups is 1. The topological polar surface area (TPSA) is 73.7 Å². The second-order valence-electron chi connectivity index (χ2n) is 5.55. The van der Waals surface area contributed by atoms with E-state index >= 15 is 0 Å². The number of carbonyl (C=O) groups excluding carboxylic acids is 1. The van der Waals surface area contributed by atoms with Crippen LogP contribution in [0.5, 0.6) is 0 Å². The first-order chi connectivity index (χ1) is 10.5. The first-order valence-electron chi connectivity index (χ1n) is 7.57. The van der Waals surface area contributed by atoms with Gasteiger partial charge in [-0.2, -0.15) is 0 Å². The van der Waals surface area contributed by atoms with Crippen molar-refractivity contribution in [3.05, 3.63) is 24.0 Å². The summed E-state index contributed by atoms with van der Waals surface area (Å²) in [5, 5.41) is 18.0. The van der Waals surface area contributed by atoms with E-state index in [1.165, 1.54) is 11.8 Å². The maximum Gasteiger partial charge on any atom is 0.200 e. The minimum atomic E-state index is -0.703. The van der Waals surface area contributed by atoms with Crippen LogP contribution in [-0.2, 0) is 0 Å². The molecule has 0 saturated heterocycles. The van der Waals surface area contributed by atoms with E-state index in [1.54, 1.807) is 12.3 Å². The van der Waals surface area contributed by atoms with Gasteiger partial charge in [0, 0.05) is 23.4 Å². The quantitative estimate of drug-likeness (QED) is 0.505. The van der Waals surface area contributed by atoms with Gasteiger partial charge >= 0.3 is 0 Å². The Hall–Kier alpha value is -0.950. The van der Waals surface area contributed by atoms with E-state index in [9.17, 15) is 9.90 Å². The molecule has 0 aliphatic heterocycles. The second-order valence-corrected chi connectivity index (χ2v) is 6.72. The average Bonchev–Trinajstić information content (AvgIpc) is 2.52. The number of aliphatic hydroxyl groups excluding tert-OH is 2. The highest BCUT2D eigenvalue weighted by Crippen LogP contribution is 2.22. The van der Waals surface area contributed by atoms with Gasteiger partial charge in [0.15, 0.2) is 0 Å². The molecule has 1 aromatic rings. The van der Waals surface area contributed by atoms with E-state index in [4.69, 9.17) is 5.11 Å². The first-order valence-corrected chi connectivity index (χ1v) is 8.56. The van der Waals surface area contributed by atoms with Gasteiger partial charge in [-0.25, -0.2) is 0 Å². The number of aromatic nitrogens is 1. The number of ketones is 1. The molecule has 0 spiro atoms. The number of β-amino-alcohol motifs (C(OH)–C–C–N with tert-alkyl or cyclic N) is 1. The summed E-state index contributed by atoms with van der Waals surface area (Å²) in [6, 6.07) is 3.58. The van der Waals surface area contributed by atoms with Crippen LogP contribution in [0.15, 0.2) is 23.2 Å². The number of pyridine rings is 1. The van der Waals surface area contributed by atoms with Gasteiger partial charge in [-0.3, -0.25) is 14.7 Å². The van der Waals surface area contributed by atoms with Crippen molar-refractivity contribution >= 4 is 17.5 Å². The summed E-state index contributed by atoms with van der Waals surface area (Å²) >= 11 is 1.50. The molecule has 1 rings (SSSR count). The molecule has 0 bridgehead atoms. The number of aliphatic hydroxyl groups is 2. The Morgan fingerprint density at radius 3 is 2.50 bits per heavy atom. The van der Waals surface area contributed by atoms with Gasteiger partial charge in [0.05, 0.1) is 18.8 Å². The van der Waals surface area contributed by atoms with Gasteiger partial charge in [-0.1, -0.05) is 6.92 Å². The van der Waals surface area contributed by atoms with Crippen molar-refractivity contribution in [1.29, 1.82) is 0 Å². The lowest BCUT2D eigenvalue weighted by molar-refractivity contribution is 0.0577. The summed E-state index contributed by atoms with van der Waals surface area (Å²) in [5.41, 5.74) is -0.275. The standard InChI is InChI=1S/C16H26N2O3S/c1-4-7-18(8-9-19)16(2,3)15(21)14-6-5-13(12-17-14)22-11-10-20/h5-6,12,19-20H,4,7-11H2,1-3H3. The van der Waals surface area contributed by atoms with E-state index in [-0.39, 0.29) is 19.0 Å². The summed E-state index contributed by atoms with van der Waals surface area (Å²) in [7, 11) is 0. The van der Waals surface area contributed by atoms with Crippen molar-refractivity contribution in [3.63, 3.8) is 0 Å². The maximum atomic E-state index is 12.8. The largest absolute Gasteiger partial charge is 0.396 e. The molecule has 0 radical (unpaired) electrons. The Kier molecular flexibility index (Phi) is 8.03. The molecule has 0 aliphatic carbocycles. The van der Waals surface area contributed by atoms with E-state index in [0.717, 1.165) is 17.9 Å². The summed E-state index contributed by atoms with van der Waals surface area (Å²) in [4.78, 5) is 19.9. The van der Waals surface area contributed by atoms with Crippen LogP contribution in [0, 0.1) is 0 Å². The van der Waals surface area contributed by atoms with E-state index in [0.29, 0.717) is 18.0 Å². The van der Waals surface area contributed by atoms with Gasteiger partial charge in [0.2, 0.25) is 5.78 Å². The lowest BCUT2D eigenvalue weighted by atomic mass is 9.93. The van der Waals surface area contributed by atoms with Gasteiger partial charge in [0.1, 0.15) is 5.69 Å². The Bertz CT molecular complexity index is 457. The van der Waals surface area contributed by atoms with Crippen LogP contribution < -0.4 is 0 Å². The van der Waals surface area contributed by atoms with Gasteiger partial charge in [0.25, 0.3) is 0 Å². The second kappa shape index (κ2) is 9.25. The van der Waals surface area contributed by atoms with Crippen molar-refractivity contribution in [3.8, 4) is 0 Å². The number of hydrogen-bond acceptors (Lipinski definition) is 6. The first kappa shape index (κ1) is 19.1. The van der Waals surface area contributed by atoms with Gasteiger partial charge in [-0.15, -0.1) is 11.8 Å². The Balaban J connectivity index is 2.87. The molecule has 0 amide bonds. The van der Waals surface area contributed by atoms with Crippen molar-refractivity contribution in [2.45, 2.75) is 37.6 Å². The summed E-state index contributed by atoms with van der Waals surface area (Å²) in [5.74, 6) is 0.564. The molecule has 2 N–H and O–H groups in total. The zero-order chi connectivity index (χ0) is 16.6. The van der Waals surface area contributed by atoms with Crippen LogP contribution in [0.1, 0.15) is 37.7 Å². The number of Topliss-reactive ketones (excluding diaryl/α,β-unsaturated/α-hetero) is 1. The van der Waals surface area contributed by atoms with Crippen LogP contribution in [0.4, 0.5) is 0 Å². The highest BCUT2D eigenvalue weighted by Gasteiger charge is 2.35. The zero-order valence-corrected chi connectivity index (χ0v) is 14.4. The number of hydrogen-bond donors (Lipinski definition) is 2. The number of thioether (sulfide) groups is 1. The Morgan fingerprint density at radius 1 is 1.27 bits per heavy atom. The molecule has 1 heterocycles. The van der Waals surface area contributed by atoms with Crippen LogP contribution >= 0.6 is 11.8 Å². The number of rotatable bonds is 10. The third-order valence-electron chi connectivity index (χ3n) is 3.54. The molecule has 22 heavy (non-hydrogen) atoms. The molecule has 0 saturated carbocycles. The molecule has 0 unspecified atom stereocenters. The predicted molar refractivity (Wildman–Crippen MR) is 89.4 cm³/mol. The molecule has 1 aromatic heterocycles. The van der Waals surface area contributed by atoms with Crippen LogP contribution in [-0.4, -0.2) is 63.5 Å². The van der Waals surface area contributed by atoms with E-state index in [2.05, 4.69) is 11.9 Å². The van der Waals surface area contributed by atoms with Crippen LogP contribution in [0.2, 0.25) is 0 Å². The fourth-order valence-corrected chi connectivity index (χ4v) is 2.90. The summed E-state index contributed by atoms with van der Waals surface area (Å²) in [6.07, 6.45) is 2.58. The Labute approximate surface area is 136 Å². The maximum absolute atomic E-state index is 12.8. The van der Waals surface area contributed by atoms with Crippen molar-refractivity contribution in [1.82, 2.24) is 9.88 Å². The summed E-state index contributed by atoms with van der Waals surface area (Å²) in [6.45, 7) is 7.16. The molecule has 124 valence electrons. The molecule has 5 nitrogen and oxygen atoms in total. The lowest BCUT2D eigenvalue weighted by Gasteiger charge is -2.36. The molecular formula is C16H26N2O3S. The van der Waals surface area contributed by atoms with Crippen LogP contribution in [0.25, 0.3) is 0 Å². The fourth-order valence-electron chi connectivity index (χ4n) is 2.28. The smallest absolute Gasteiger partial charge is 0.200 e. The molecule has 0 aromatic carbocycles. The SMILES string of the molecule is CCCN(CCO)C(C)(C)C(=O)c1ccc(SCCO)cn1. The molecule has 0 fully saturated rings. The van der Waals surface area contributed by atoms with Gasteiger partial charge < -0.3 is 10.2 Å². The average molecular weight is 326 g/mol. The van der Waals surface area contributed by atoms with Crippen LogP contribution in [0.3, 0.4) is 0 Å². The minimum Gasteiger partial charge on any atom is -0.396 e. The van der Waals surface area contributed by atoms with Crippen molar-refractivity contribution < 1.29 is 15.0 Å². The summed E-state index contributed by atoms with van der Waals surface area (Å²) < 4.78 is 0. The minimum absolute atomic E-state index is 0.0286. The molecule has 0 aliphatic rings.